The van der Waals surface area contributed by atoms with Crippen molar-refractivity contribution >= 4 is 20.2 Å². The normalized spacial score (nSPS) is 8.92. The fourth-order valence-corrected chi connectivity index (χ4v) is 0.478. The van der Waals surface area contributed by atoms with Crippen LogP contribution in [-0.4, -0.2) is 24.8 Å². The Kier molecular flexibility index (Phi) is 5.32. The van der Waals surface area contributed by atoms with E-state index in [0.29, 0.717) is 4.67 Å². The molecule has 0 spiro atoms. The molecule has 0 unspecified atom stereocenters. The molecule has 1 rings (SSSR count). The molecule has 0 atom stereocenters. The van der Waals surface area contributed by atoms with Crippen molar-refractivity contribution in [2.75, 3.05) is 0 Å². The molecule has 0 saturated heterocycles. The second-order valence-electron chi connectivity index (χ2n) is 1.81. The van der Waals surface area contributed by atoms with Gasteiger partial charge in [-0.25, -0.2) is 0 Å². The van der Waals surface area contributed by atoms with Crippen LogP contribution in [0.5, 0.6) is 0 Å². The summed E-state index contributed by atoms with van der Waals surface area (Å²) in [5, 5.41) is 0. The van der Waals surface area contributed by atoms with Gasteiger partial charge >= 0.3 is 38.3 Å². The summed E-state index contributed by atoms with van der Waals surface area (Å²) in [5.74, 6) is 0. The van der Waals surface area contributed by atoms with E-state index in [1.165, 1.54) is 12.4 Å². The van der Waals surface area contributed by atoms with Crippen molar-refractivity contribution in [1.29, 1.82) is 0 Å². The summed E-state index contributed by atoms with van der Waals surface area (Å²) in [6, 6.07) is 3.12. The van der Waals surface area contributed by atoms with Gasteiger partial charge in [-0.15, -0.1) is 0 Å². The first-order chi connectivity index (χ1) is 5.54. The predicted octanol–water partition coefficient (Wildman–Crippen LogP) is 0.0429. The van der Waals surface area contributed by atoms with E-state index in [1.807, 2.05) is 0 Å². The third-order valence-corrected chi connectivity index (χ3v) is 0.853. The van der Waals surface area contributed by atoms with Gasteiger partial charge in [0.1, 0.15) is 0 Å². The summed E-state index contributed by atoms with van der Waals surface area (Å²) < 4.78 is 24.3. The summed E-state index contributed by atoms with van der Waals surface area (Å²) in [7, 11) is 0. The Balaban J connectivity index is 0.000000261. The van der Waals surface area contributed by atoms with Crippen LogP contribution in [-0.2, 0) is 0 Å². The zero-order valence-electron chi connectivity index (χ0n) is 6.15. The summed E-state index contributed by atoms with van der Waals surface area (Å²) >= 11 is 2.38. The number of halogens is 2. The second-order valence-corrected chi connectivity index (χ2v) is 2.80. The molecule has 3 nitrogen and oxygen atoms in total. The van der Waals surface area contributed by atoms with E-state index in [1.54, 1.807) is 12.1 Å². The van der Waals surface area contributed by atoms with Crippen molar-refractivity contribution in [3.05, 3.63) is 24.5 Å². The Morgan fingerprint density at radius 2 is 1.58 bits per heavy atom. The average molecular weight is 240 g/mol. The predicted molar refractivity (Wildman–Crippen MR) is 44.8 cm³/mol. The second kappa shape index (κ2) is 5.74. The third-order valence-electron chi connectivity index (χ3n) is 0.853. The van der Waals surface area contributed by atoms with E-state index in [2.05, 4.69) is 15.6 Å². The maximum atomic E-state index is 11.6. The van der Waals surface area contributed by atoms with Gasteiger partial charge in [0, 0.05) is 12.4 Å². The average Bonchev–Trinajstić information content (AvgIpc) is 2.34. The van der Waals surface area contributed by atoms with Crippen LogP contribution in [0.25, 0.3) is 0 Å². The Hall–Kier alpha value is -0.871. The van der Waals surface area contributed by atoms with E-state index in [0.717, 1.165) is 4.57 Å². The van der Waals surface area contributed by atoms with Gasteiger partial charge in [-0.3, -0.25) is 4.57 Å². The summed E-state index contributed by atoms with van der Waals surface area (Å²) in [4.78, 5) is 0. The van der Waals surface area contributed by atoms with Crippen molar-refractivity contribution < 1.29 is 8.78 Å². The van der Waals surface area contributed by atoms with Gasteiger partial charge in [0.2, 0.25) is 0 Å². The molecule has 0 fully saturated rings. The zero-order valence-corrected chi connectivity index (χ0v) is 7.87. The molecule has 0 bridgehead atoms. The summed E-state index contributed by atoms with van der Waals surface area (Å²) in [6.45, 7) is -2.40. The summed E-state index contributed by atoms with van der Waals surface area (Å²) in [5.41, 5.74) is 9.50. The molecule has 0 radical (unpaired) electrons. The number of rotatable bonds is 1. The molecular weight excluding hydrogens is 231 g/mol. The first-order valence-electron chi connectivity index (χ1n) is 2.99. The number of aromatic nitrogens is 1. The molecular formula is C6H9F2N3Se. The third kappa shape index (κ3) is 5.88. The van der Waals surface area contributed by atoms with Crippen molar-refractivity contribution in [3.8, 4) is 0 Å². The fraction of sp³-hybridized carbons (Fsp3) is 0.167. The number of nitrogens with zero attached hydrogens (tertiary/aromatic N) is 1. The Labute approximate surface area is 76.7 Å². The number of alkyl halides is 2. The SMILES string of the molecule is FC(F)n1cccc1.NC(N)=[Se]. The minimum absolute atomic E-state index is 0.292. The van der Waals surface area contributed by atoms with E-state index in [9.17, 15) is 8.78 Å². The Bertz CT molecular complexity index is 219. The number of hydrogen-bond acceptors (Lipinski definition) is 2. The molecule has 1 heterocycles. The number of hydrogen-bond donors (Lipinski definition) is 2. The first kappa shape index (κ1) is 11.1. The van der Waals surface area contributed by atoms with Gasteiger partial charge < -0.3 is 0 Å². The van der Waals surface area contributed by atoms with Crippen LogP contribution < -0.4 is 11.5 Å². The van der Waals surface area contributed by atoms with Crippen LogP contribution in [0, 0.1) is 0 Å². The zero-order chi connectivity index (χ0) is 9.56. The van der Waals surface area contributed by atoms with Crippen molar-refractivity contribution in [3.63, 3.8) is 0 Å². The van der Waals surface area contributed by atoms with Gasteiger partial charge in [-0.2, -0.15) is 8.78 Å². The van der Waals surface area contributed by atoms with Crippen LogP contribution in [0.15, 0.2) is 24.5 Å². The van der Waals surface area contributed by atoms with Gasteiger partial charge in [0.15, 0.2) is 0 Å². The molecule has 0 saturated carbocycles. The Morgan fingerprint density at radius 1 is 1.25 bits per heavy atom. The molecule has 12 heavy (non-hydrogen) atoms. The molecule has 6 heteroatoms. The fourth-order valence-electron chi connectivity index (χ4n) is 0.478. The molecule has 1 aromatic heterocycles. The Morgan fingerprint density at radius 3 is 1.75 bits per heavy atom. The molecule has 0 aromatic carbocycles. The molecule has 0 aliphatic heterocycles. The van der Waals surface area contributed by atoms with Crippen LogP contribution >= 0.6 is 0 Å². The monoisotopic (exact) mass is 241 g/mol. The molecule has 0 amide bonds. The van der Waals surface area contributed by atoms with E-state index >= 15 is 0 Å². The van der Waals surface area contributed by atoms with E-state index < -0.39 is 6.55 Å². The van der Waals surface area contributed by atoms with Gasteiger partial charge in [0.05, 0.1) is 0 Å². The molecule has 0 aliphatic rings. The van der Waals surface area contributed by atoms with E-state index in [4.69, 9.17) is 11.5 Å². The van der Waals surface area contributed by atoms with Crippen LogP contribution in [0.2, 0.25) is 0 Å². The van der Waals surface area contributed by atoms with Crippen molar-refractivity contribution in [2.24, 2.45) is 11.5 Å². The minimum atomic E-state index is -2.40. The van der Waals surface area contributed by atoms with Crippen molar-refractivity contribution in [1.82, 2.24) is 4.57 Å². The van der Waals surface area contributed by atoms with Gasteiger partial charge in [0.25, 0.3) is 0 Å². The first-order valence-corrected chi connectivity index (χ1v) is 3.85. The van der Waals surface area contributed by atoms with Crippen LogP contribution in [0.1, 0.15) is 6.55 Å². The van der Waals surface area contributed by atoms with E-state index in [-0.39, 0.29) is 0 Å². The quantitative estimate of drug-likeness (QED) is 0.681. The van der Waals surface area contributed by atoms with Gasteiger partial charge in [-0.05, 0) is 12.1 Å². The topological polar surface area (TPSA) is 57.0 Å². The van der Waals surface area contributed by atoms with Crippen LogP contribution in [0.4, 0.5) is 8.78 Å². The van der Waals surface area contributed by atoms with Crippen molar-refractivity contribution in [2.45, 2.75) is 6.55 Å². The number of nitrogens with two attached hydrogens (primary N) is 2. The summed E-state index contributed by atoms with van der Waals surface area (Å²) in [6.07, 6.45) is 2.65. The molecule has 0 aliphatic carbocycles. The standard InChI is InChI=1S/C5H5F2N.CH4N2Se/c6-5(7)8-3-1-2-4-8;2-1(3)4/h1-5H;(H4,2,3,4). The van der Waals surface area contributed by atoms with Crippen LogP contribution in [0.3, 0.4) is 0 Å². The maximum absolute atomic E-state index is 11.6. The molecule has 4 N–H and O–H groups in total. The molecule has 1 aromatic rings. The van der Waals surface area contributed by atoms with Gasteiger partial charge in [-0.1, -0.05) is 0 Å². The molecule has 68 valence electrons.